The second-order valence-corrected chi connectivity index (χ2v) is 41.9. The summed E-state index contributed by atoms with van der Waals surface area (Å²) in [7, 11) is -4.60. The standard InChI is InChI=1S/C27H25O6S2.C18H19S.C17H27O2S.C13H10F3S.C11H15S.5BrH/c28-25(32-26-18-15-23-24(16-18)35(29,30)33-27(23)26)17-31-19-11-13-22(14-12-19)34(20-7-3-1-4-8-20)21-9-5-2-6-10-21;1-18(2,3)15-8-10-16(11-9-15)19-13-12-14-6-4-5-7-17(14)19;1-17(19-16(18)11-20-4-2-3-5-20)14-7-12-6-13(9-14)10-15(17)8-12;14-13(15,16)17(11-7-3-1-4-8-11)12-9-5-2-6-10-12;1-3-7-11(8-4-1)12-9-5-2-6-10-12;;;;;/h1-14,18,23-24,26-27H,15-17H2;4-13H,1-3H3;12-15H,2-11H2,1H3;1-10H;1,3-4,7-8H,2,5-6,9-10H2;5*1H/q5*+1;;;;;/p-5. The number of rotatable bonds is 14. The first-order valence-electron chi connectivity index (χ1n) is 36.5. The highest BCUT2D eigenvalue weighted by Gasteiger charge is 2.65. The van der Waals surface area contributed by atoms with Gasteiger partial charge >= 0.3 is 17.4 Å². The van der Waals surface area contributed by atoms with Crippen LogP contribution in [0.4, 0.5) is 13.2 Å². The van der Waals surface area contributed by atoms with Gasteiger partial charge in [-0.3, -0.25) is 4.18 Å². The molecule has 3 aliphatic heterocycles. The molecule has 6 saturated carbocycles. The summed E-state index contributed by atoms with van der Waals surface area (Å²) in [5.74, 6) is 9.49. The number of hydrogen-bond acceptors (Lipinski definition) is 8. The molecule has 4 heterocycles. The number of halogens is 8. The van der Waals surface area contributed by atoms with E-state index in [4.69, 9.17) is 18.4 Å². The second-order valence-electron chi connectivity index (χ2n) is 29.6. The molecular formula is C86H96Br5F3O8S6. The maximum absolute atomic E-state index is 13.1. The highest BCUT2D eigenvalue weighted by Crippen LogP contribution is 2.60. The van der Waals surface area contributed by atoms with Gasteiger partial charge in [0.05, 0.1) is 16.1 Å². The van der Waals surface area contributed by atoms with Crippen molar-refractivity contribution in [1.29, 1.82) is 0 Å². The number of fused-ring (bicyclic) bond motifs is 2. The monoisotopic (exact) mass is 1900 g/mol. The van der Waals surface area contributed by atoms with Crippen molar-refractivity contribution >= 4 is 86.2 Å². The lowest BCUT2D eigenvalue weighted by Crippen LogP contribution is -3.00. The molecule has 9 fully saturated rings. The van der Waals surface area contributed by atoms with Gasteiger partial charge in [0.25, 0.3) is 10.1 Å². The van der Waals surface area contributed by atoms with Crippen LogP contribution in [0.5, 0.6) is 5.75 Å². The van der Waals surface area contributed by atoms with Crippen LogP contribution in [0.2, 0.25) is 0 Å². The zero-order valence-electron chi connectivity index (χ0n) is 61.2. The molecule has 22 heteroatoms. The quantitative estimate of drug-likeness (QED) is 0.0817. The molecule has 3 saturated heterocycles. The average Bonchev–Trinajstić information content (AvgIpc) is 1.57. The summed E-state index contributed by atoms with van der Waals surface area (Å²) in [5.41, 5.74) is -2.74. The molecule has 6 atom stereocenters. The first-order chi connectivity index (χ1) is 49.7. The van der Waals surface area contributed by atoms with Crippen molar-refractivity contribution in [1.82, 2.24) is 0 Å². The van der Waals surface area contributed by atoms with Crippen LogP contribution in [-0.4, -0.2) is 84.3 Å². The van der Waals surface area contributed by atoms with Crippen LogP contribution in [-0.2, 0) is 82.4 Å². The first kappa shape index (κ1) is 89.5. The van der Waals surface area contributed by atoms with Crippen LogP contribution in [0.3, 0.4) is 0 Å². The topological polar surface area (TPSA) is 105 Å². The predicted molar refractivity (Wildman–Crippen MR) is 418 cm³/mol. The van der Waals surface area contributed by atoms with E-state index < -0.39 is 49.9 Å². The zero-order valence-corrected chi connectivity index (χ0v) is 74.0. The summed E-state index contributed by atoms with van der Waals surface area (Å²) in [6, 6.07) is 75.6. The maximum atomic E-state index is 13.1. The third-order valence-corrected chi connectivity index (χ3v) is 34.5. The molecule has 9 aliphatic rings. The summed E-state index contributed by atoms with van der Waals surface area (Å²) in [5, 5.41) is 3.26. The molecule has 0 amide bonds. The van der Waals surface area contributed by atoms with E-state index in [2.05, 4.69) is 142 Å². The van der Waals surface area contributed by atoms with Gasteiger partial charge in [0.1, 0.15) is 51.9 Å². The number of benzene rings is 8. The molecule has 8 nitrogen and oxygen atoms in total. The van der Waals surface area contributed by atoms with E-state index in [9.17, 15) is 31.2 Å². The number of esters is 2. The van der Waals surface area contributed by atoms with Gasteiger partial charge in [0.2, 0.25) is 5.75 Å². The minimum absolute atomic E-state index is 0. The van der Waals surface area contributed by atoms with Crippen LogP contribution < -0.4 is 89.6 Å². The Morgan fingerprint density at radius 2 is 1.01 bits per heavy atom. The summed E-state index contributed by atoms with van der Waals surface area (Å²) < 4.78 is 87.7. The van der Waals surface area contributed by atoms with Gasteiger partial charge in [-0.2, -0.15) is 8.42 Å². The molecule has 1 aromatic heterocycles. The smallest absolute Gasteiger partial charge is 0.586 e. The summed E-state index contributed by atoms with van der Waals surface area (Å²) in [4.78, 5) is 32.0. The van der Waals surface area contributed by atoms with Crippen LogP contribution >= 0.6 is 10.5 Å². The number of thiophene rings is 1. The van der Waals surface area contributed by atoms with Gasteiger partial charge in [0, 0.05) is 44.7 Å². The van der Waals surface area contributed by atoms with Crippen molar-refractivity contribution in [3.8, 4) is 10.6 Å². The maximum Gasteiger partial charge on any atom is 0.586 e. The Morgan fingerprint density at radius 3 is 1.53 bits per heavy atom. The Bertz CT molecular complexity index is 4240. The minimum atomic E-state index is -4.25. The second kappa shape index (κ2) is 40.8. The Hall–Kier alpha value is -4.04. The molecule has 0 radical (unpaired) electrons. The van der Waals surface area contributed by atoms with Crippen molar-refractivity contribution < 1.29 is 134 Å². The molecular weight excluding hydrogens is 1810 g/mol. The minimum Gasteiger partial charge on any atom is -1.00 e. The molecule has 108 heavy (non-hydrogen) atoms. The van der Waals surface area contributed by atoms with Crippen molar-refractivity contribution in [2.75, 3.05) is 35.4 Å². The van der Waals surface area contributed by atoms with Crippen molar-refractivity contribution in [2.45, 2.75) is 168 Å². The largest absolute Gasteiger partial charge is 1.00 e. The fraction of sp³-hybridized carbons (Fsp3) is 0.395. The highest BCUT2D eigenvalue weighted by molar-refractivity contribution is 7.98. The van der Waals surface area contributed by atoms with Gasteiger partial charge in [0.15, 0.2) is 56.5 Å². The van der Waals surface area contributed by atoms with Crippen molar-refractivity contribution in [2.24, 2.45) is 35.5 Å². The lowest BCUT2D eigenvalue weighted by Gasteiger charge is -2.58. The molecule has 6 aliphatic carbocycles. The van der Waals surface area contributed by atoms with Crippen LogP contribution in [0, 0.1) is 35.5 Å². The van der Waals surface area contributed by atoms with Crippen molar-refractivity contribution in [3.63, 3.8) is 0 Å². The number of alkyl halides is 3. The Kier molecular flexibility index (Phi) is 33.8. The summed E-state index contributed by atoms with van der Waals surface area (Å²) in [6.07, 6.45) is 13.9. The number of hydrogen-bond donors (Lipinski definition) is 0. The molecule has 6 unspecified atom stereocenters. The van der Waals surface area contributed by atoms with Gasteiger partial charge in [-0.25, -0.2) is 9.59 Å². The fourth-order valence-electron chi connectivity index (χ4n) is 16.7. The normalized spacial score (nSPS) is 23.9. The number of carbonyl (C=O) groups excluding carboxylic acids is 2. The SMILES string of the molecule is CC(C)(C)c1ccc(-[s+]2ccc3ccccc32)cc1.CC1(OC(=O)C[S+]2CCCC2)C2CC3CC(C2)CC1C3.FC(F)(F)[S+](c1ccccc1)c1ccccc1.O=C(COc1ccc([S+](c2ccccc2)c2ccccc2)cc1)OC1C2CC3C1OS(=O)(=O)C3C2.[Br-].[Br-].[Br-].[Br-].[Br-].c1ccc([S+]2CCCCC2)cc1. The van der Waals surface area contributed by atoms with E-state index in [1.54, 1.807) is 41.3 Å². The predicted octanol–water partition coefficient (Wildman–Crippen LogP) is 5.35. The molecule has 0 N–H and O–H groups in total. The molecule has 0 spiro atoms. The van der Waals surface area contributed by atoms with Crippen LogP contribution in [0.25, 0.3) is 15.0 Å². The van der Waals surface area contributed by atoms with Crippen molar-refractivity contribution in [3.05, 3.63) is 241 Å². The van der Waals surface area contributed by atoms with Gasteiger partial charge in [-0.05, 0) is 239 Å². The first-order valence-corrected chi connectivity index (χ1v) is 45.0. The van der Waals surface area contributed by atoms with Gasteiger partial charge in [-0.1, -0.05) is 136 Å². The van der Waals surface area contributed by atoms with Gasteiger partial charge < -0.3 is 99.1 Å². The highest BCUT2D eigenvalue weighted by atomic mass is 79.9. The molecule has 18 rings (SSSR count). The van der Waals surface area contributed by atoms with E-state index in [1.165, 1.54) is 142 Å². The van der Waals surface area contributed by atoms with E-state index in [0.717, 1.165) is 23.2 Å². The fourth-order valence-corrected chi connectivity index (χ4v) is 28.6. The van der Waals surface area contributed by atoms with Gasteiger partial charge in [-0.15, -0.1) is 13.2 Å². The van der Waals surface area contributed by atoms with Crippen LogP contribution in [0.15, 0.2) is 265 Å². The van der Waals surface area contributed by atoms with E-state index in [1.807, 2.05) is 60.7 Å². The zero-order chi connectivity index (χ0) is 71.7. The number of carbonyl (C=O) groups is 2. The lowest BCUT2D eigenvalue weighted by atomic mass is 9.50. The Balaban J connectivity index is 0.000000176. The lowest BCUT2D eigenvalue weighted by molar-refractivity contribution is -0.200. The van der Waals surface area contributed by atoms with E-state index in [0.29, 0.717) is 61.3 Å². The van der Waals surface area contributed by atoms with E-state index in [-0.39, 0.29) is 142 Å². The Morgan fingerprint density at radius 1 is 0.528 bits per heavy atom. The van der Waals surface area contributed by atoms with E-state index >= 15 is 0 Å². The average molecular weight is 1910 g/mol. The third-order valence-electron chi connectivity index (χ3n) is 21.6. The third kappa shape index (κ3) is 22.3. The molecule has 580 valence electrons. The molecule has 6 bridgehead atoms. The summed E-state index contributed by atoms with van der Waals surface area (Å²) >= 11 is 0. The van der Waals surface area contributed by atoms with Crippen LogP contribution in [0.1, 0.15) is 110 Å². The number of ether oxygens (including phenoxy) is 3. The molecule has 8 aromatic carbocycles. The summed E-state index contributed by atoms with van der Waals surface area (Å²) in [6.45, 7) is 8.80. The molecule has 9 aromatic rings. The Labute approximate surface area is 704 Å².